The molecule has 0 aromatic heterocycles. The summed E-state index contributed by atoms with van der Waals surface area (Å²) in [5.41, 5.74) is 0. The van der Waals surface area contributed by atoms with Crippen molar-refractivity contribution in [1.82, 2.24) is 10.6 Å². The standard InChI is InChI=1S/C10H18N2O4/c1-3-6-11-9(14)5-4-8(10(15)16)12-7(2)13/h8H,3-6H2,1-2H3,(H,11,14)(H,12,13)(H,15,16)/t8-/m0/s1. The lowest BCUT2D eigenvalue weighted by molar-refractivity contribution is -0.141. The molecular formula is C10H18N2O4. The van der Waals surface area contributed by atoms with Crippen molar-refractivity contribution in [3.05, 3.63) is 0 Å². The number of nitrogens with one attached hydrogen (secondary N) is 2. The van der Waals surface area contributed by atoms with Crippen molar-refractivity contribution in [2.75, 3.05) is 6.54 Å². The van der Waals surface area contributed by atoms with Crippen LogP contribution < -0.4 is 10.6 Å². The lowest BCUT2D eigenvalue weighted by atomic mass is 10.1. The molecule has 2 amide bonds. The number of hydrogen-bond donors (Lipinski definition) is 3. The number of rotatable bonds is 7. The molecule has 0 aliphatic rings. The average Bonchev–Trinajstić information content (AvgIpc) is 2.20. The number of carboxylic acids is 1. The van der Waals surface area contributed by atoms with Crippen molar-refractivity contribution in [3.63, 3.8) is 0 Å². The Morgan fingerprint density at radius 3 is 2.38 bits per heavy atom. The van der Waals surface area contributed by atoms with Crippen LogP contribution in [-0.2, 0) is 14.4 Å². The first-order valence-electron chi connectivity index (χ1n) is 5.24. The topological polar surface area (TPSA) is 95.5 Å². The maximum atomic E-state index is 11.2. The molecule has 0 aromatic rings. The SMILES string of the molecule is CCCNC(=O)CC[C@H](NC(C)=O)C(=O)O. The van der Waals surface area contributed by atoms with Crippen molar-refractivity contribution in [2.45, 2.75) is 39.2 Å². The average molecular weight is 230 g/mol. The van der Waals surface area contributed by atoms with Crippen LogP contribution in [-0.4, -0.2) is 35.5 Å². The highest BCUT2D eigenvalue weighted by Crippen LogP contribution is 1.98. The van der Waals surface area contributed by atoms with Crippen molar-refractivity contribution in [1.29, 1.82) is 0 Å². The van der Waals surface area contributed by atoms with Gasteiger partial charge in [-0.1, -0.05) is 6.92 Å². The smallest absolute Gasteiger partial charge is 0.326 e. The number of amides is 2. The van der Waals surface area contributed by atoms with E-state index in [2.05, 4.69) is 10.6 Å². The van der Waals surface area contributed by atoms with E-state index in [1.165, 1.54) is 6.92 Å². The van der Waals surface area contributed by atoms with Crippen LogP contribution in [0, 0.1) is 0 Å². The Labute approximate surface area is 94.4 Å². The molecule has 6 heteroatoms. The molecular weight excluding hydrogens is 212 g/mol. The minimum absolute atomic E-state index is 0.0945. The molecule has 0 aromatic carbocycles. The van der Waals surface area contributed by atoms with E-state index in [-0.39, 0.29) is 18.7 Å². The van der Waals surface area contributed by atoms with Crippen LogP contribution in [0.3, 0.4) is 0 Å². The van der Waals surface area contributed by atoms with Gasteiger partial charge in [-0.05, 0) is 12.8 Å². The van der Waals surface area contributed by atoms with E-state index in [0.717, 1.165) is 6.42 Å². The predicted molar refractivity (Wildman–Crippen MR) is 57.8 cm³/mol. The molecule has 0 saturated heterocycles. The van der Waals surface area contributed by atoms with E-state index in [9.17, 15) is 14.4 Å². The van der Waals surface area contributed by atoms with Gasteiger partial charge in [-0.3, -0.25) is 9.59 Å². The van der Waals surface area contributed by atoms with Gasteiger partial charge in [0.2, 0.25) is 11.8 Å². The Bertz CT molecular complexity index is 266. The van der Waals surface area contributed by atoms with Gasteiger partial charge in [0, 0.05) is 19.9 Å². The minimum atomic E-state index is -1.13. The first-order valence-corrected chi connectivity index (χ1v) is 5.24. The van der Waals surface area contributed by atoms with Crippen molar-refractivity contribution in [3.8, 4) is 0 Å². The second kappa shape index (κ2) is 7.67. The molecule has 0 aliphatic heterocycles. The van der Waals surface area contributed by atoms with Gasteiger partial charge in [-0.25, -0.2) is 4.79 Å². The van der Waals surface area contributed by atoms with Crippen LogP contribution in [0.15, 0.2) is 0 Å². The molecule has 16 heavy (non-hydrogen) atoms. The zero-order valence-electron chi connectivity index (χ0n) is 9.58. The number of carbonyl (C=O) groups is 3. The Balaban J connectivity index is 3.97. The molecule has 0 fully saturated rings. The second-order valence-electron chi connectivity index (χ2n) is 3.48. The molecule has 6 nitrogen and oxygen atoms in total. The van der Waals surface area contributed by atoms with Gasteiger partial charge in [0.05, 0.1) is 0 Å². The summed E-state index contributed by atoms with van der Waals surface area (Å²) < 4.78 is 0. The third kappa shape index (κ3) is 6.80. The molecule has 0 spiro atoms. The maximum absolute atomic E-state index is 11.2. The normalized spacial score (nSPS) is 11.6. The summed E-state index contributed by atoms with van der Waals surface area (Å²) in [6, 6.07) is -0.995. The van der Waals surface area contributed by atoms with Crippen LogP contribution in [0.25, 0.3) is 0 Å². The lowest BCUT2D eigenvalue weighted by Gasteiger charge is -2.12. The van der Waals surface area contributed by atoms with E-state index in [4.69, 9.17) is 5.11 Å². The first kappa shape index (κ1) is 14.4. The largest absolute Gasteiger partial charge is 0.480 e. The Hall–Kier alpha value is -1.59. The predicted octanol–water partition coefficient (Wildman–Crippen LogP) is -0.118. The zero-order chi connectivity index (χ0) is 12.6. The second-order valence-corrected chi connectivity index (χ2v) is 3.48. The summed E-state index contributed by atoms with van der Waals surface area (Å²) in [5, 5.41) is 13.7. The highest BCUT2D eigenvalue weighted by molar-refractivity contribution is 5.83. The van der Waals surface area contributed by atoms with Gasteiger partial charge in [0.1, 0.15) is 6.04 Å². The fourth-order valence-corrected chi connectivity index (χ4v) is 1.13. The number of carbonyl (C=O) groups excluding carboxylic acids is 2. The highest BCUT2D eigenvalue weighted by atomic mass is 16.4. The van der Waals surface area contributed by atoms with Crippen LogP contribution in [0.4, 0.5) is 0 Å². The summed E-state index contributed by atoms with van der Waals surface area (Å²) in [4.78, 5) is 32.6. The third-order valence-electron chi connectivity index (χ3n) is 1.91. The Morgan fingerprint density at radius 2 is 1.94 bits per heavy atom. The first-order chi connectivity index (χ1) is 7.47. The van der Waals surface area contributed by atoms with Crippen molar-refractivity contribution >= 4 is 17.8 Å². The molecule has 92 valence electrons. The molecule has 0 heterocycles. The van der Waals surface area contributed by atoms with E-state index >= 15 is 0 Å². The number of hydrogen-bond acceptors (Lipinski definition) is 3. The third-order valence-corrected chi connectivity index (χ3v) is 1.91. The molecule has 0 rings (SSSR count). The minimum Gasteiger partial charge on any atom is -0.480 e. The summed E-state index contributed by atoms with van der Waals surface area (Å²) in [6.07, 6.45) is 1.03. The molecule has 0 radical (unpaired) electrons. The molecule has 1 atom stereocenters. The van der Waals surface area contributed by atoms with Crippen molar-refractivity contribution in [2.24, 2.45) is 0 Å². The fourth-order valence-electron chi connectivity index (χ4n) is 1.13. The summed E-state index contributed by atoms with van der Waals surface area (Å²) in [7, 11) is 0. The molecule has 0 aliphatic carbocycles. The van der Waals surface area contributed by atoms with E-state index in [1.54, 1.807) is 0 Å². The lowest BCUT2D eigenvalue weighted by Crippen LogP contribution is -2.40. The van der Waals surface area contributed by atoms with Crippen LogP contribution >= 0.6 is 0 Å². The van der Waals surface area contributed by atoms with Crippen LogP contribution in [0.5, 0.6) is 0 Å². The molecule has 0 unspecified atom stereocenters. The van der Waals surface area contributed by atoms with Crippen molar-refractivity contribution < 1.29 is 19.5 Å². The van der Waals surface area contributed by atoms with Crippen LogP contribution in [0.2, 0.25) is 0 Å². The highest BCUT2D eigenvalue weighted by Gasteiger charge is 2.19. The van der Waals surface area contributed by atoms with E-state index in [1.807, 2.05) is 6.92 Å². The summed E-state index contributed by atoms with van der Waals surface area (Å²) in [6.45, 7) is 3.75. The zero-order valence-corrected chi connectivity index (χ0v) is 9.58. The summed E-state index contributed by atoms with van der Waals surface area (Å²) >= 11 is 0. The fraction of sp³-hybridized carbons (Fsp3) is 0.700. The van der Waals surface area contributed by atoms with E-state index < -0.39 is 17.9 Å². The maximum Gasteiger partial charge on any atom is 0.326 e. The van der Waals surface area contributed by atoms with Gasteiger partial charge in [0.15, 0.2) is 0 Å². The Morgan fingerprint density at radius 1 is 1.31 bits per heavy atom. The van der Waals surface area contributed by atoms with Gasteiger partial charge in [-0.2, -0.15) is 0 Å². The van der Waals surface area contributed by atoms with E-state index in [0.29, 0.717) is 6.54 Å². The van der Waals surface area contributed by atoms with Gasteiger partial charge in [-0.15, -0.1) is 0 Å². The van der Waals surface area contributed by atoms with Gasteiger partial charge in [0.25, 0.3) is 0 Å². The number of carboxylic acid groups (broad SMARTS) is 1. The quantitative estimate of drug-likeness (QED) is 0.568. The van der Waals surface area contributed by atoms with Crippen LogP contribution in [0.1, 0.15) is 33.1 Å². The van der Waals surface area contributed by atoms with Gasteiger partial charge >= 0.3 is 5.97 Å². The molecule has 3 N–H and O–H groups in total. The molecule has 0 saturated carbocycles. The summed E-state index contributed by atoms with van der Waals surface area (Å²) in [5.74, 6) is -1.74. The molecule has 0 bridgehead atoms. The monoisotopic (exact) mass is 230 g/mol. The Kier molecular flexibility index (Phi) is 6.91. The number of aliphatic carboxylic acids is 1. The van der Waals surface area contributed by atoms with Gasteiger partial charge < -0.3 is 15.7 Å².